The minimum absolute atomic E-state index is 0.0399. The molecule has 26 heavy (non-hydrogen) atoms. The van der Waals surface area contributed by atoms with E-state index < -0.39 is 0 Å². The van der Waals surface area contributed by atoms with Crippen molar-refractivity contribution in [3.05, 3.63) is 46.7 Å². The number of nitrogens with zero attached hydrogens (tertiary/aromatic N) is 4. The van der Waals surface area contributed by atoms with Gasteiger partial charge in [0.2, 0.25) is 0 Å². The molecule has 5 rings (SSSR count). The van der Waals surface area contributed by atoms with Crippen LogP contribution in [0, 0.1) is 5.92 Å². The highest BCUT2D eigenvalue weighted by Crippen LogP contribution is 2.28. The number of thiophene rings is 1. The minimum atomic E-state index is -0.101. The Morgan fingerprint density at radius 1 is 1.23 bits per heavy atom. The highest BCUT2D eigenvalue weighted by Gasteiger charge is 2.39. The Hall–Kier alpha value is -2.48. The van der Waals surface area contributed by atoms with Crippen molar-refractivity contribution in [2.75, 3.05) is 19.6 Å². The molecule has 1 N–H and O–H groups in total. The zero-order valence-corrected chi connectivity index (χ0v) is 15.2. The second-order valence-electron chi connectivity index (χ2n) is 6.79. The van der Waals surface area contributed by atoms with Crippen LogP contribution in [0.5, 0.6) is 0 Å². The molecule has 3 aliphatic heterocycles. The van der Waals surface area contributed by atoms with E-state index >= 15 is 0 Å². The smallest absolute Gasteiger partial charge is 0.318 e. The van der Waals surface area contributed by atoms with Gasteiger partial charge in [0.15, 0.2) is 0 Å². The number of piperidine rings is 1. The van der Waals surface area contributed by atoms with Gasteiger partial charge in [-0.1, -0.05) is 6.07 Å². The Labute approximate surface area is 156 Å². The largest absolute Gasteiger partial charge is 0.335 e. The lowest BCUT2D eigenvalue weighted by Gasteiger charge is -2.35. The van der Waals surface area contributed by atoms with Crippen LogP contribution in [-0.4, -0.2) is 57.4 Å². The third-order valence-electron chi connectivity index (χ3n) is 5.04. The fraction of sp³-hybridized carbons (Fsp3) is 0.444. The van der Waals surface area contributed by atoms with Crippen LogP contribution in [0.4, 0.5) is 4.79 Å². The van der Waals surface area contributed by atoms with Crippen molar-refractivity contribution < 1.29 is 9.59 Å². The van der Waals surface area contributed by atoms with Gasteiger partial charge in [-0.2, -0.15) is 0 Å². The number of carbonyl (C=O) groups is 2. The van der Waals surface area contributed by atoms with Gasteiger partial charge in [0.25, 0.3) is 5.91 Å². The molecule has 5 heterocycles. The van der Waals surface area contributed by atoms with Crippen LogP contribution in [-0.2, 0) is 6.54 Å². The maximum atomic E-state index is 12.7. The van der Waals surface area contributed by atoms with E-state index in [4.69, 9.17) is 0 Å². The number of fused-ring (bicyclic) bond motifs is 4. The molecular weight excluding hydrogens is 350 g/mol. The summed E-state index contributed by atoms with van der Waals surface area (Å²) in [6, 6.07) is 4.01. The molecule has 8 heteroatoms. The molecule has 2 aromatic heterocycles. The first kappa shape index (κ1) is 17.0. The van der Waals surface area contributed by atoms with E-state index in [-0.39, 0.29) is 18.0 Å². The van der Waals surface area contributed by atoms with E-state index in [0.717, 1.165) is 17.7 Å². The zero-order chi connectivity index (χ0) is 17.9. The van der Waals surface area contributed by atoms with E-state index in [0.29, 0.717) is 37.8 Å². The lowest BCUT2D eigenvalue weighted by atomic mass is 9.95. The molecule has 0 spiro atoms. The molecule has 3 amide bonds. The molecule has 0 radical (unpaired) electrons. The predicted octanol–water partition coefficient (Wildman–Crippen LogP) is 1.98. The molecule has 3 saturated heterocycles. The number of nitrogens with one attached hydrogen (secondary N) is 1. The van der Waals surface area contributed by atoms with E-state index in [1.807, 2.05) is 27.3 Å². The van der Waals surface area contributed by atoms with Gasteiger partial charge in [-0.3, -0.25) is 9.78 Å². The van der Waals surface area contributed by atoms with Crippen LogP contribution in [0.3, 0.4) is 0 Å². The molecule has 0 aliphatic carbocycles. The Kier molecular flexibility index (Phi) is 4.83. The summed E-state index contributed by atoms with van der Waals surface area (Å²) < 4.78 is 0. The van der Waals surface area contributed by atoms with E-state index in [1.54, 1.807) is 17.5 Å². The summed E-state index contributed by atoms with van der Waals surface area (Å²) in [5, 5.41) is 5.02. The topological polar surface area (TPSA) is 78.4 Å². The van der Waals surface area contributed by atoms with Crippen molar-refractivity contribution in [3.63, 3.8) is 0 Å². The predicted molar refractivity (Wildman–Crippen MR) is 97.7 cm³/mol. The van der Waals surface area contributed by atoms with Gasteiger partial charge < -0.3 is 15.1 Å². The zero-order valence-electron chi connectivity index (χ0n) is 14.4. The number of carbonyl (C=O) groups excluding carboxylic acids is 2. The quantitative estimate of drug-likeness (QED) is 0.895. The van der Waals surface area contributed by atoms with Crippen LogP contribution >= 0.6 is 11.3 Å². The van der Waals surface area contributed by atoms with Gasteiger partial charge in [0, 0.05) is 36.9 Å². The maximum absolute atomic E-state index is 12.7. The summed E-state index contributed by atoms with van der Waals surface area (Å²) in [5.41, 5.74) is 0.363. The summed E-state index contributed by atoms with van der Waals surface area (Å²) in [6.45, 7) is 2.47. The molecule has 3 fully saturated rings. The van der Waals surface area contributed by atoms with Crippen molar-refractivity contribution in [2.24, 2.45) is 5.92 Å². The third kappa shape index (κ3) is 3.55. The molecule has 0 unspecified atom stereocenters. The maximum Gasteiger partial charge on any atom is 0.318 e. The molecule has 2 bridgehead atoms. The van der Waals surface area contributed by atoms with Gasteiger partial charge in [0.05, 0.1) is 18.8 Å². The summed E-state index contributed by atoms with van der Waals surface area (Å²) in [4.78, 5) is 38.4. The van der Waals surface area contributed by atoms with Crippen molar-refractivity contribution in [3.8, 4) is 0 Å². The second-order valence-corrected chi connectivity index (χ2v) is 7.82. The fourth-order valence-electron chi connectivity index (χ4n) is 3.75. The number of rotatable bonds is 3. The van der Waals surface area contributed by atoms with E-state index in [9.17, 15) is 9.59 Å². The standard InChI is InChI=1S/C18H21N5O2S/c24-17(16-9-19-5-6-20-16)22-10-13-3-4-14(12-22)23(11-13)18(25)21-8-15-2-1-7-26-15/h1-2,5-7,9,13-14H,3-4,8,10-12H2,(H,21,25)/t13-,14+/m0/s1. The number of urea groups is 1. The van der Waals surface area contributed by atoms with E-state index in [2.05, 4.69) is 15.3 Å². The number of aromatic nitrogens is 2. The molecule has 136 valence electrons. The monoisotopic (exact) mass is 371 g/mol. The highest BCUT2D eigenvalue weighted by molar-refractivity contribution is 7.09. The summed E-state index contributed by atoms with van der Waals surface area (Å²) in [6.07, 6.45) is 6.57. The van der Waals surface area contributed by atoms with Crippen LogP contribution in [0.15, 0.2) is 36.1 Å². The second kappa shape index (κ2) is 7.41. The normalized spacial score (nSPS) is 22.2. The van der Waals surface area contributed by atoms with Crippen molar-refractivity contribution in [2.45, 2.75) is 25.4 Å². The third-order valence-corrected chi connectivity index (χ3v) is 5.91. The highest BCUT2D eigenvalue weighted by atomic mass is 32.1. The summed E-state index contributed by atoms with van der Waals surface area (Å²) in [5.74, 6) is 0.206. The Bertz CT molecular complexity index is 767. The molecule has 7 nitrogen and oxygen atoms in total. The van der Waals surface area contributed by atoms with Crippen LogP contribution < -0.4 is 5.32 Å². The number of hydrogen-bond acceptors (Lipinski definition) is 5. The summed E-state index contributed by atoms with van der Waals surface area (Å²) >= 11 is 1.63. The van der Waals surface area contributed by atoms with Crippen molar-refractivity contribution >= 4 is 23.3 Å². The van der Waals surface area contributed by atoms with Gasteiger partial charge in [-0.05, 0) is 30.2 Å². The van der Waals surface area contributed by atoms with Crippen molar-refractivity contribution in [1.82, 2.24) is 25.1 Å². The molecule has 0 saturated carbocycles. The molecular formula is C18H21N5O2S. The van der Waals surface area contributed by atoms with Crippen LogP contribution in [0.2, 0.25) is 0 Å². The minimum Gasteiger partial charge on any atom is -0.335 e. The fourth-order valence-corrected chi connectivity index (χ4v) is 4.39. The molecule has 3 aliphatic rings. The first-order valence-corrected chi connectivity index (χ1v) is 9.71. The summed E-state index contributed by atoms with van der Waals surface area (Å²) in [7, 11) is 0. The molecule has 2 atom stereocenters. The van der Waals surface area contributed by atoms with Crippen molar-refractivity contribution in [1.29, 1.82) is 0 Å². The lowest BCUT2D eigenvalue weighted by molar-refractivity contribution is 0.0735. The lowest BCUT2D eigenvalue weighted by Crippen LogP contribution is -2.51. The Balaban J connectivity index is 1.43. The SMILES string of the molecule is O=C(c1cnccn1)N1C[C@@H]2CC[C@H](C1)N(C(=O)NCc1cccs1)C2. The van der Waals surface area contributed by atoms with Crippen LogP contribution in [0.1, 0.15) is 28.2 Å². The van der Waals surface area contributed by atoms with Crippen LogP contribution in [0.25, 0.3) is 0 Å². The van der Waals surface area contributed by atoms with Gasteiger partial charge in [0.1, 0.15) is 5.69 Å². The number of amides is 3. The van der Waals surface area contributed by atoms with E-state index in [1.165, 1.54) is 12.4 Å². The Morgan fingerprint density at radius 3 is 2.92 bits per heavy atom. The Morgan fingerprint density at radius 2 is 2.15 bits per heavy atom. The average Bonchev–Trinajstić information content (AvgIpc) is 3.04. The first-order valence-electron chi connectivity index (χ1n) is 8.83. The average molecular weight is 371 g/mol. The van der Waals surface area contributed by atoms with Gasteiger partial charge >= 0.3 is 6.03 Å². The molecule has 2 aromatic rings. The molecule has 0 aromatic carbocycles. The number of hydrogen-bond donors (Lipinski definition) is 1. The van der Waals surface area contributed by atoms with Gasteiger partial charge in [-0.15, -0.1) is 11.3 Å². The van der Waals surface area contributed by atoms with Gasteiger partial charge in [-0.25, -0.2) is 9.78 Å². The first-order chi connectivity index (χ1) is 12.7.